The number of pyridine rings is 1. The number of nitrogens with zero attached hydrogens (tertiary/aromatic N) is 2. The molecule has 3 amide bonds. The van der Waals surface area contributed by atoms with Gasteiger partial charge in [0.05, 0.1) is 17.0 Å². The highest BCUT2D eigenvalue weighted by Crippen LogP contribution is 2.20. The summed E-state index contributed by atoms with van der Waals surface area (Å²) in [6, 6.07) is 12.3. The number of benzene rings is 2. The standard InChI is InChI=1S/C25H23ClN4O6/c1-15(25(35)36)29-30(22(32)11-17-5-3-9-27-13-17)24(34)20-8-7-18(12-21(20)26)23(33)28-14-16-4-2-6-19(31)10-16/h2-10,12-13,15,29,31H,11,14H2,1H3,(H,28,33)(H,35,36)/t15-/m0/s1. The number of hydrazine groups is 1. The van der Waals surface area contributed by atoms with E-state index in [-0.39, 0.29) is 34.9 Å². The van der Waals surface area contributed by atoms with Gasteiger partial charge in [-0.2, -0.15) is 0 Å². The quantitative estimate of drug-likeness (QED) is 0.321. The van der Waals surface area contributed by atoms with Crippen molar-refractivity contribution < 1.29 is 29.4 Å². The molecule has 186 valence electrons. The van der Waals surface area contributed by atoms with Gasteiger partial charge in [-0.15, -0.1) is 0 Å². The van der Waals surface area contributed by atoms with Gasteiger partial charge in [0.15, 0.2) is 0 Å². The Bertz CT molecular complexity index is 1280. The first kappa shape index (κ1) is 26.3. The Morgan fingerprint density at radius 3 is 2.44 bits per heavy atom. The maximum atomic E-state index is 13.2. The SMILES string of the molecule is C[C@H](NN(C(=O)Cc1cccnc1)C(=O)c1ccc(C(=O)NCc2cccc(O)c2)cc1Cl)C(=O)O. The van der Waals surface area contributed by atoms with Crippen molar-refractivity contribution in [2.45, 2.75) is 25.9 Å². The number of hydrogen-bond acceptors (Lipinski definition) is 7. The molecule has 0 radical (unpaired) electrons. The molecule has 4 N–H and O–H groups in total. The van der Waals surface area contributed by atoms with Gasteiger partial charge < -0.3 is 15.5 Å². The number of carboxylic acid groups (broad SMARTS) is 1. The zero-order chi connectivity index (χ0) is 26.2. The number of aliphatic carboxylic acids is 1. The smallest absolute Gasteiger partial charge is 0.322 e. The lowest BCUT2D eigenvalue weighted by Gasteiger charge is -2.24. The molecule has 2 aromatic carbocycles. The third kappa shape index (κ3) is 6.87. The van der Waals surface area contributed by atoms with Crippen LogP contribution in [0.15, 0.2) is 67.0 Å². The fourth-order valence-corrected chi connectivity index (χ4v) is 3.41. The number of rotatable bonds is 9. The molecule has 0 aliphatic carbocycles. The number of aromatic nitrogens is 1. The maximum Gasteiger partial charge on any atom is 0.322 e. The van der Waals surface area contributed by atoms with Crippen molar-refractivity contribution in [3.8, 4) is 5.75 Å². The number of aromatic hydroxyl groups is 1. The number of halogens is 1. The van der Waals surface area contributed by atoms with Crippen molar-refractivity contribution in [3.05, 3.63) is 94.3 Å². The molecule has 0 aliphatic heterocycles. The Labute approximate surface area is 211 Å². The van der Waals surface area contributed by atoms with Crippen LogP contribution >= 0.6 is 11.6 Å². The van der Waals surface area contributed by atoms with Crippen LogP contribution in [0, 0.1) is 0 Å². The molecule has 36 heavy (non-hydrogen) atoms. The van der Waals surface area contributed by atoms with E-state index in [1.807, 2.05) is 0 Å². The van der Waals surface area contributed by atoms with Crippen LogP contribution in [0.4, 0.5) is 0 Å². The second kappa shape index (κ2) is 11.9. The average Bonchev–Trinajstić information content (AvgIpc) is 2.85. The van der Waals surface area contributed by atoms with E-state index in [4.69, 9.17) is 11.6 Å². The normalized spacial score (nSPS) is 11.4. The van der Waals surface area contributed by atoms with E-state index in [0.29, 0.717) is 16.1 Å². The summed E-state index contributed by atoms with van der Waals surface area (Å²) in [6.07, 6.45) is 2.77. The number of phenols is 1. The summed E-state index contributed by atoms with van der Waals surface area (Å²) in [5.41, 5.74) is 3.66. The molecular formula is C25H23ClN4O6. The van der Waals surface area contributed by atoms with Crippen LogP contribution in [0.3, 0.4) is 0 Å². The number of phenolic OH excluding ortho intramolecular Hbond substituents is 1. The summed E-state index contributed by atoms with van der Waals surface area (Å²) < 4.78 is 0. The minimum absolute atomic E-state index is 0.0705. The van der Waals surface area contributed by atoms with Crippen LogP contribution in [0.25, 0.3) is 0 Å². The average molecular weight is 511 g/mol. The van der Waals surface area contributed by atoms with Gasteiger partial charge >= 0.3 is 5.97 Å². The van der Waals surface area contributed by atoms with Crippen LogP contribution in [-0.2, 0) is 22.6 Å². The van der Waals surface area contributed by atoms with Crippen molar-refractivity contribution in [3.63, 3.8) is 0 Å². The molecule has 0 fully saturated rings. The number of carbonyl (C=O) groups is 4. The van der Waals surface area contributed by atoms with Crippen LogP contribution in [0.1, 0.15) is 38.8 Å². The molecule has 3 rings (SSSR count). The van der Waals surface area contributed by atoms with Crippen LogP contribution in [0.5, 0.6) is 5.75 Å². The van der Waals surface area contributed by atoms with Gasteiger partial charge in [0, 0.05) is 24.5 Å². The zero-order valence-electron chi connectivity index (χ0n) is 19.1. The molecule has 1 atom stereocenters. The minimum atomic E-state index is -1.27. The summed E-state index contributed by atoms with van der Waals surface area (Å²) >= 11 is 6.29. The topological polar surface area (TPSA) is 149 Å². The minimum Gasteiger partial charge on any atom is -0.508 e. The third-order valence-corrected chi connectivity index (χ3v) is 5.36. The Morgan fingerprint density at radius 2 is 1.81 bits per heavy atom. The molecule has 0 spiro atoms. The van der Waals surface area contributed by atoms with E-state index >= 15 is 0 Å². The fourth-order valence-electron chi connectivity index (χ4n) is 3.15. The predicted molar refractivity (Wildman–Crippen MR) is 130 cm³/mol. The molecule has 3 aromatic rings. The van der Waals surface area contributed by atoms with Gasteiger partial charge in [0.2, 0.25) is 5.91 Å². The molecule has 1 aromatic heterocycles. The van der Waals surface area contributed by atoms with Crippen LogP contribution in [0.2, 0.25) is 5.02 Å². The second-order valence-electron chi connectivity index (χ2n) is 7.81. The number of carboxylic acids is 1. The molecule has 0 saturated carbocycles. The van der Waals surface area contributed by atoms with E-state index in [1.54, 1.807) is 24.3 Å². The molecule has 10 nitrogen and oxygen atoms in total. The molecule has 0 unspecified atom stereocenters. The predicted octanol–water partition coefficient (Wildman–Crippen LogP) is 2.56. The highest BCUT2D eigenvalue weighted by Gasteiger charge is 2.28. The van der Waals surface area contributed by atoms with E-state index in [2.05, 4.69) is 15.7 Å². The van der Waals surface area contributed by atoms with E-state index in [9.17, 15) is 29.4 Å². The van der Waals surface area contributed by atoms with Gasteiger partial charge in [-0.05, 0) is 54.4 Å². The van der Waals surface area contributed by atoms with Gasteiger partial charge in [-0.1, -0.05) is 29.8 Å². The van der Waals surface area contributed by atoms with Crippen molar-refractivity contribution in [2.24, 2.45) is 0 Å². The monoisotopic (exact) mass is 510 g/mol. The first-order valence-electron chi connectivity index (χ1n) is 10.8. The summed E-state index contributed by atoms with van der Waals surface area (Å²) in [4.78, 5) is 53.9. The number of nitrogens with one attached hydrogen (secondary N) is 2. The lowest BCUT2D eigenvalue weighted by Crippen LogP contribution is -2.53. The van der Waals surface area contributed by atoms with Crippen molar-refractivity contribution >= 4 is 35.3 Å². The Morgan fingerprint density at radius 1 is 1.06 bits per heavy atom. The Balaban J connectivity index is 1.78. The van der Waals surface area contributed by atoms with Crippen LogP contribution < -0.4 is 10.7 Å². The molecule has 11 heteroatoms. The van der Waals surface area contributed by atoms with Gasteiger partial charge in [0.25, 0.3) is 11.8 Å². The van der Waals surface area contributed by atoms with Crippen molar-refractivity contribution in [1.29, 1.82) is 0 Å². The molecule has 0 aliphatic rings. The maximum absolute atomic E-state index is 13.2. The fraction of sp³-hybridized carbons (Fsp3) is 0.160. The first-order chi connectivity index (χ1) is 17.2. The lowest BCUT2D eigenvalue weighted by atomic mass is 10.1. The van der Waals surface area contributed by atoms with Gasteiger partial charge in [0.1, 0.15) is 11.8 Å². The highest BCUT2D eigenvalue weighted by molar-refractivity contribution is 6.34. The van der Waals surface area contributed by atoms with Crippen molar-refractivity contribution in [2.75, 3.05) is 0 Å². The van der Waals surface area contributed by atoms with Gasteiger partial charge in [-0.3, -0.25) is 24.2 Å². The summed E-state index contributed by atoms with van der Waals surface area (Å²) in [6.45, 7) is 1.43. The summed E-state index contributed by atoms with van der Waals surface area (Å²) in [5, 5.41) is 22.0. The van der Waals surface area contributed by atoms with E-state index in [0.717, 1.165) is 0 Å². The zero-order valence-corrected chi connectivity index (χ0v) is 19.9. The number of carbonyl (C=O) groups excluding carboxylic acids is 3. The number of amides is 3. The van der Waals surface area contributed by atoms with E-state index < -0.39 is 29.7 Å². The number of hydrogen-bond donors (Lipinski definition) is 4. The van der Waals surface area contributed by atoms with Gasteiger partial charge in [-0.25, -0.2) is 10.4 Å². The lowest BCUT2D eigenvalue weighted by molar-refractivity contribution is -0.141. The van der Waals surface area contributed by atoms with Crippen molar-refractivity contribution in [1.82, 2.24) is 20.7 Å². The summed E-state index contributed by atoms with van der Waals surface area (Å²) in [5.74, 6) is -3.27. The van der Waals surface area contributed by atoms with Crippen LogP contribution in [-0.4, -0.2) is 49.9 Å². The van der Waals surface area contributed by atoms with E-state index in [1.165, 1.54) is 49.6 Å². The molecule has 0 saturated heterocycles. The summed E-state index contributed by atoms with van der Waals surface area (Å²) in [7, 11) is 0. The third-order valence-electron chi connectivity index (χ3n) is 5.05. The number of imide groups is 1. The Kier molecular flexibility index (Phi) is 8.71. The highest BCUT2D eigenvalue weighted by atomic mass is 35.5. The second-order valence-corrected chi connectivity index (χ2v) is 8.22. The molecular weight excluding hydrogens is 488 g/mol. The molecule has 0 bridgehead atoms. The Hall–Kier alpha value is -4.28. The molecule has 1 heterocycles. The first-order valence-corrected chi connectivity index (χ1v) is 11.1. The largest absolute Gasteiger partial charge is 0.508 e.